The SMILES string of the molecule is CC1(C)c2ccc(-c3ccc(-c4nc(-c5ccccc5)cc(-c5ccccc5-c5cccc6ccccc56)n4)c4ccccc34)cc2-c2ccc3ccccc3c21. The van der Waals surface area contributed by atoms with E-state index in [2.05, 4.69) is 208 Å². The first-order chi connectivity index (χ1) is 28.0. The summed E-state index contributed by atoms with van der Waals surface area (Å²) in [4.78, 5) is 10.7. The lowest BCUT2D eigenvalue weighted by Gasteiger charge is -2.23. The Balaban J connectivity index is 1.09. The minimum absolute atomic E-state index is 0.0962. The van der Waals surface area contributed by atoms with Crippen molar-refractivity contribution in [2.75, 3.05) is 0 Å². The van der Waals surface area contributed by atoms with Gasteiger partial charge in [-0.05, 0) is 95.0 Å². The van der Waals surface area contributed by atoms with Crippen LogP contribution >= 0.6 is 0 Å². The van der Waals surface area contributed by atoms with Gasteiger partial charge in [-0.25, -0.2) is 9.97 Å². The zero-order valence-electron chi connectivity index (χ0n) is 31.9. The second-order valence-electron chi connectivity index (χ2n) is 15.7. The molecule has 0 fully saturated rings. The third kappa shape index (κ3) is 5.33. The summed E-state index contributed by atoms with van der Waals surface area (Å²) in [5, 5.41) is 7.37. The molecule has 57 heavy (non-hydrogen) atoms. The average Bonchev–Trinajstić information content (AvgIpc) is 3.51. The molecule has 2 nitrogen and oxygen atoms in total. The predicted molar refractivity (Wildman–Crippen MR) is 239 cm³/mol. The quantitative estimate of drug-likeness (QED) is 0.176. The number of hydrogen-bond acceptors (Lipinski definition) is 2. The molecule has 0 spiro atoms. The first-order valence-corrected chi connectivity index (χ1v) is 19.7. The zero-order valence-corrected chi connectivity index (χ0v) is 31.9. The minimum atomic E-state index is -0.0962. The molecule has 0 aliphatic heterocycles. The van der Waals surface area contributed by atoms with Crippen LogP contribution in [-0.4, -0.2) is 9.97 Å². The Hall–Kier alpha value is -7.16. The second kappa shape index (κ2) is 13.0. The first-order valence-electron chi connectivity index (χ1n) is 19.7. The van der Waals surface area contributed by atoms with Gasteiger partial charge < -0.3 is 0 Å². The maximum atomic E-state index is 5.42. The normalized spacial score (nSPS) is 12.9. The molecule has 2 heteroatoms. The Morgan fingerprint density at radius 3 is 1.72 bits per heavy atom. The molecule has 1 aliphatic rings. The fourth-order valence-corrected chi connectivity index (χ4v) is 9.39. The molecule has 0 unspecified atom stereocenters. The van der Waals surface area contributed by atoms with Crippen LogP contribution < -0.4 is 0 Å². The van der Waals surface area contributed by atoms with Crippen molar-refractivity contribution < 1.29 is 0 Å². The Morgan fingerprint density at radius 2 is 0.912 bits per heavy atom. The number of rotatable bonds is 5. The molecule has 1 aromatic heterocycles. The lowest BCUT2D eigenvalue weighted by Crippen LogP contribution is -2.15. The summed E-state index contributed by atoms with van der Waals surface area (Å²) in [6.07, 6.45) is 0. The fraction of sp³-hybridized carbons (Fsp3) is 0.0545. The third-order valence-electron chi connectivity index (χ3n) is 12.1. The van der Waals surface area contributed by atoms with Crippen LogP contribution in [0.5, 0.6) is 0 Å². The van der Waals surface area contributed by atoms with Crippen LogP contribution in [0.3, 0.4) is 0 Å². The van der Waals surface area contributed by atoms with Crippen molar-refractivity contribution in [1.29, 1.82) is 0 Å². The van der Waals surface area contributed by atoms with E-state index in [0.717, 1.165) is 39.0 Å². The van der Waals surface area contributed by atoms with Crippen molar-refractivity contribution in [3.8, 4) is 67.3 Å². The number of nitrogens with zero attached hydrogens (tertiary/aromatic N) is 2. The Labute approximate surface area is 332 Å². The molecule has 10 aromatic rings. The van der Waals surface area contributed by atoms with Crippen LogP contribution in [0.1, 0.15) is 25.0 Å². The topological polar surface area (TPSA) is 25.8 Å². The number of benzene rings is 9. The van der Waals surface area contributed by atoms with Gasteiger partial charge in [-0.1, -0.05) is 190 Å². The number of fused-ring (bicyclic) bond motifs is 7. The van der Waals surface area contributed by atoms with E-state index in [4.69, 9.17) is 9.97 Å². The largest absolute Gasteiger partial charge is 0.228 e. The van der Waals surface area contributed by atoms with Crippen molar-refractivity contribution in [2.45, 2.75) is 19.3 Å². The molecular weight excluding hydrogens is 689 g/mol. The highest BCUT2D eigenvalue weighted by atomic mass is 14.9. The fourth-order valence-electron chi connectivity index (χ4n) is 9.39. The first kappa shape index (κ1) is 33.2. The molecule has 0 N–H and O–H groups in total. The summed E-state index contributed by atoms with van der Waals surface area (Å²) in [5.41, 5.74) is 15.0. The van der Waals surface area contributed by atoms with Crippen LogP contribution in [0.4, 0.5) is 0 Å². The molecule has 0 saturated carbocycles. The number of aromatic nitrogens is 2. The highest BCUT2D eigenvalue weighted by molar-refractivity contribution is 6.06. The van der Waals surface area contributed by atoms with Gasteiger partial charge in [0.25, 0.3) is 0 Å². The Bertz CT molecular complexity index is 3210. The summed E-state index contributed by atoms with van der Waals surface area (Å²) in [6, 6.07) is 70.0. The predicted octanol–water partition coefficient (Wildman–Crippen LogP) is 14.6. The van der Waals surface area contributed by atoms with Gasteiger partial charge >= 0.3 is 0 Å². The molecule has 1 heterocycles. The maximum Gasteiger partial charge on any atom is 0.161 e. The van der Waals surface area contributed by atoms with E-state index in [9.17, 15) is 0 Å². The molecule has 268 valence electrons. The number of hydrogen-bond donors (Lipinski definition) is 0. The molecule has 0 saturated heterocycles. The molecule has 0 atom stereocenters. The molecule has 0 radical (unpaired) electrons. The summed E-state index contributed by atoms with van der Waals surface area (Å²) in [6.45, 7) is 4.73. The van der Waals surface area contributed by atoms with Crippen LogP contribution in [-0.2, 0) is 5.41 Å². The third-order valence-corrected chi connectivity index (χ3v) is 12.1. The van der Waals surface area contributed by atoms with Gasteiger partial charge in [0.15, 0.2) is 5.82 Å². The van der Waals surface area contributed by atoms with Crippen molar-refractivity contribution >= 4 is 32.3 Å². The highest BCUT2D eigenvalue weighted by Crippen LogP contribution is 2.52. The summed E-state index contributed by atoms with van der Waals surface area (Å²) >= 11 is 0. The van der Waals surface area contributed by atoms with Gasteiger partial charge in [0.2, 0.25) is 0 Å². The van der Waals surface area contributed by atoms with E-state index in [-0.39, 0.29) is 5.41 Å². The second-order valence-corrected chi connectivity index (χ2v) is 15.7. The maximum absolute atomic E-state index is 5.42. The van der Waals surface area contributed by atoms with Crippen molar-refractivity contribution in [2.24, 2.45) is 0 Å². The van der Waals surface area contributed by atoms with Crippen LogP contribution in [0, 0.1) is 0 Å². The van der Waals surface area contributed by atoms with E-state index in [0.29, 0.717) is 5.82 Å². The van der Waals surface area contributed by atoms with Gasteiger partial charge in [0, 0.05) is 22.1 Å². The van der Waals surface area contributed by atoms with E-state index < -0.39 is 0 Å². The summed E-state index contributed by atoms with van der Waals surface area (Å²) in [5.74, 6) is 0.707. The minimum Gasteiger partial charge on any atom is -0.228 e. The molecule has 0 amide bonds. The van der Waals surface area contributed by atoms with Gasteiger partial charge in [-0.2, -0.15) is 0 Å². The standard InChI is InChI=1S/C55H38N2/c1-55(2)50-32-28-38(33-49(50)47-29-27-36-16-7-9-21-41(36)53(47)55)40-30-31-48(45-24-11-10-22-42(40)45)54-56-51(37-17-4-3-5-18-37)34-52(57-54)46-25-13-12-23-44(46)43-26-14-19-35-15-6-8-20-39(35)43/h3-34H,1-2H3. The van der Waals surface area contributed by atoms with E-state index in [1.807, 2.05) is 0 Å². The molecule has 1 aliphatic carbocycles. The van der Waals surface area contributed by atoms with Gasteiger partial charge in [-0.15, -0.1) is 0 Å². The van der Waals surface area contributed by atoms with Crippen molar-refractivity contribution in [1.82, 2.24) is 9.97 Å². The average molecular weight is 727 g/mol. The summed E-state index contributed by atoms with van der Waals surface area (Å²) < 4.78 is 0. The molecule has 0 bridgehead atoms. The Kier molecular flexibility index (Phi) is 7.55. The lowest BCUT2D eigenvalue weighted by atomic mass is 9.80. The van der Waals surface area contributed by atoms with Gasteiger partial charge in [-0.3, -0.25) is 0 Å². The molecular formula is C55H38N2. The molecule has 9 aromatic carbocycles. The van der Waals surface area contributed by atoms with E-state index in [1.54, 1.807) is 0 Å². The summed E-state index contributed by atoms with van der Waals surface area (Å²) in [7, 11) is 0. The lowest BCUT2D eigenvalue weighted by molar-refractivity contribution is 0.666. The highest BCUT2D eigenvalue weighted by Gasteiger charge is 2.37. The van der Waals surface area contributed by atoms with E-state index in [1.165, 1.54) is 65.9 Å². The van der Waals surface area contributed by atoms with Crippen molar-refractivity contribution in [3.05, 3.63) is 205 Å². The van der Waals surface area contributed by atoms with Gasteiger partial charge in [0.1, 0.15) is 0 Å². The van der Waals surface area contributed by atoms with Crippen LogP contribution in [0.15, 0.2) is 194 Å². The molecule has 11 rings (SSSR count). The van der Waals surface area contributed by atoms with Crippen molar-refractivity contribution in [3.63, 3.8) is 0 Å². The zero-order chi connectivity index (χ0) is 38.1. The van der Waals surface area contributed by atoms with Crippen LogP contribution in [0.2, 0.25) is 0 Å². The smallest absolute Gasteiger partial charge is 0.161 e. The van der Waals surface area contributed by atoms with Crippen LogP contribution in [0.25, 0.3) is 99.6 Å². The van der Waals surface area contributed by atoms with E-state index >= 15 is 0 Å². The monoisotopic (exact) mass is 726 g/mol. The van der Waals surface area contributed by atoms with Gasteiger partial charge in [0.05, 0.1) is 11.4 Å². The Morgan fingerprint density at radius 1 is 0.333 bits per heavy atom.